The molecule has 0 saturated heterocycles. The van der Waals surface area contributed by atoms with Crippen LogP contribution < -0.4 is 9.62 Å². The molecule has 2 amide bonds. The van der Waals surface area contributed by atoms with E-state index in [1.54, 1.807) is 68.4 Å². The van der Waals surface area contributed by atoms with Crippen molar-refractivity contribution >= 4 is 50.7 Å². The van der Waals surface area contributed by atoms with Crippen LogP contribution in [0.3, 0.4) is 0 Å². The highest BCUT2D eigenvalue weighted by molar-refractivity contribution is 7.92. The molecule has 0 aliphatic rings. The molecule has 196 valence electrons. The van der Waals surface area contributed by atoms with Crippen LogP contribution in [0.15, 0.2) is 71.6 Å². The average molecular weight is 563 g/mol. The summed E-state index contributed by atoms with van der Waals surface area (Å²) in [6.45, 7) is 4.69. The highest BCUT2D eigenvalue weighted by Crippen LogP contribution is 2.31. The Kier molecular flexibility index (Phi) is 9.23. The van der Waals surface area contributed by atoms with Gasteiger partial charge in [0.15, 0.2) is 0 Å². The first-order chi connectivity index (χ1) is 17.4. The molecule has 0 spiro atoms. The maximum absolute atomic E-state index is 13.8. The number of benzene rings is 3. The van der Waals surface area contributed by atoms with Gasteiger partial charge in [-0.05, 0) is 68.3 Å². The lowest BCUT2D eigenvalue weighted by Crippen LogP contribution is -2.50. The molecule has 0 aliphatic carbocycles. The predicted octanol–water partition coefficient (Wildman–Crippen LogP) is 4.97. The van der Waals surface area contributed by atoms with Gasteiger partial charge in [0.1, 0.15) is 12.6 Å². The maximum atomic E-state index is 13.8. The number of rotatable bonds is 9. The Balaban J connectivity index is 2.07. The van der Waals surface area contributed by atoms with E-state index in [1.165, 1.54) is 24.1 Å². The van der Waals surface area contributed by atoms with Crippen LogP contribution in [0.1, 0.15) is 23.6 Å². The number of nitrogens with one attached hydrogen (secondary N) is 1. The average Bonchev–Trinajstić information content (AvgIpc) is 2.88. The van der Waals surface area contributed by atoms with Gasteiger partial charge in [0, 0.05) is 23.6 Å². The van der Waals surface area contributed by atoms with E-state index in [0.29, 0.717) is 15.6 Å². The molecular formula is C27H29Cl2N3O4S. The number of sulfonamides is 1. The first-order valence-corrected chi connectivity index (χ1v) is 13.7. The zero-order valence-electron chi connectivity index (χ0n) is 21.0. The standard InChI is InChI=1S/C27H29Cl2N3O4S/c1-18-8-14-23(15-9-18)37(35,36)32(25-7-5-6-24(29)19(25)2)17-26(33)31(20(3)27(34)30-4)16-21-10-12-22(28)13-11-21/h5-15,20H,16-17H2,1-4H3,(H,30,34)/t20-/m1/s1. The lowest BCUT2D eigenvalue weighted by atomic mass is 10.1. The number of likely N-dealkylation sites (N-methyl/N-ethyl adjacent to an activating group) is 1. The fraction of sp³-hybridized carbons (Fsp3) is 0.259. The third-order valence-electron chi connectivity index (χ3n) is 6.08. The van der Waals surface area contributed by atoms with Crippen molar-refractivity contribution in [3.8, 4) is 0 Å². The van der Waals surface area contributed by atoms with Crippen molar-refractivity contribution < 1.29 is 18.0 Å². The fourth-order valence-corrected chi connectivity index (χ4v) is 5.56. The fourth-order valence-electron chi connectivity index (χ4n) is 3.80. The van der Waals surface area contributed by atoms with E-state index < -0.39 is 28.5 Å². The van der Waals surface area contributed by atoms with Gasteiger partial charge in [0.25, 0.3) is 10.0 Å². The van der Waals surface area contributed by atoms with E-state index in [9.17, 15) is 18.0 Å². The number of halogens is 2. The van der Waals surface area contributed by atoms with Crippen LogP contribution in [0, 0.1) is 13.8 Å². The van der Waals surface area contributed by atoms with Crippen LogP contribution in [0.2, 0.25) is 10.0 Å². The molecule has 0 saturated carbocycles. The topological polar surface area (TPSA) is 86.8 Å². The number of hydrogen-bond donors (Lipinski definition) is 1. The maximum Gasteiger partial charge on any atom is 0.264 e. The lowest BCUT2D eigenvalue weighted by molar-refractivity contribution is -0.139. The number of nitrogens with zero attached hydrogens (tertiary/aromatic N) is 2. The van der Waals surface area contributed by atoms with Crippen molar-refractivity contribution in [3.05, 3.63) is 93.5 Å². The highest BCUT2D eigenvalue weighted by atomic mass is 35.5. The number of carbonyl (C=O) groups excluding carboxylic acids is 2. The van der Waals surface area contributed by atoms with Gasteiger partial charge >= 0.3 is 0 Å². The van der Waals surface area contributed by atoms with Gasteiger partial charge in [-0.15, -0.1) is 0 Å². The largest absolute Gasteiger partial charge is 0.357 e. The van der Waals surface area contributed by atoms with Gasteiger partial charge in [0.2, 0.25) is 11.8 Å². The van der Waals surface area contributed by atoms with E-state index in [1.807, 2.05) is 6.92 Å². The molecule has 0 aliphatic heterocycles. The molecule has 0 heterocycles. The molecule has 37 heavy (non-hydrogen) atoms. The predicted molar refractivity (Wildman–Crippen MR) is 147 cm³/mol. The summed E-state index contributed by atoms with van der Waals surface area (Å²) in [7, 11) is -2.68. The van der Waals surface area contributed by atoms with Crippen molar-refractivity contribution in [3.63, 3.8) is 0 Å². The molecule has 0 radical (unpaired) electrons. The Bertz CT molecular complexity index is 1380. The van der Waals surface area contributed by atoms with Gasteiger partial charge in [-0.1, -0.05) is 59.1 Å². The molecule has 0 unspecified atom stereocenters. The minimum atomic E-state index is -4.16. The first kappa shape index (κ1) is 28.5. The van der Waals surface area contributed by atoms with Crippen LogP contribution in [0.4, 0.5) is 5.69 Å². The Labute approximate surface area is 228 Å². The van der Waals surface area contributed by atoms with Crippen molar-refractivity contribution in [2.24, 2.45) is 0 Å². The minimum Gasteiger partial charge on any atom is -0.357 e. The third kappa shape index (κ3) is 6.63. The summed E-state index contributed by atoms with van der Waals surface area (Å²) in [6, 6.07) is 17.3. The van der Waals surface area contributed by atoms with E-state index in [0.717, 1.165) is 15.4 Å². The molecule has 3 rings (SSSR count). The molecule has 3 aromatic carbocycles. The number of hydrogen-bond acceptors (Lipinski definition) is 4. The van der Waals surface area contributed by atoms with Crippen LogP contribution in [-0.2, 0) is 26.2 Å². The molecule has 1 N–H and O–H groups in total. The number of amides is 2. The van der Waals surface area contributed by atoms with Crippen LogP contribution >= 0.6 is 23.2 Å². The second-order valence-corrected chi connectivity index (χ2v) is 11.4. The van der Waals surface area contributed by atoms with Crippen molar-refractivity contribution in [1.29, 1.82) is 0 Å². The SMILES string of the molecule is CNC(=O)[C@@H](C)N(Cc1ccc(Cl)cc1)C(=O)CN(c1cccc(Cl)c1C)S(=O)(=O)c1ccc(C)cc1. The zero-order valence-corrected chi connectivity index (χ0v) is 23.4. The molecule has 1 atom stereocenters. The van der Waals surface area contributed by atoms with E-state index >= 15 is 0 Å². The summed E-state index contributed by atoms with van der Waals surface area (Å²) in [6.07, 6.45) is 0. The number of carbonyl (C=O) groups is 2. The van der Waals surface area contributed by atoms with Crippen LogP contribution in [-0.4, -0.2) is 44.8 Å². The van der Waals surface area contributed by atoms with Crippen molar-refractivity contribution in [2.45, 2.75) is 38.3 Å². The summed E-state index contributed by atoms with van der Waals surface area (Å²) in [5.41, 5.74) is 2.42. The summed E-state index contributed by atoms with van der Waals surface area (Å²) >= 11 is 12.3. The summed E-state index contributed by atoms with van der Waals surface area (Å²) in [5.74, 6) is -0.935. The van der Waals surface area contributed by atoms with Crippen molar-refractivity contribution in [2.75, 3.05) is 17.9 Å². The van der Waals surface area contributed by atoms with Crippen molar-refractivity contribution in [1.82, 2.24) is 10.2 Å². The summed E-state index contributed by atoms with van der Waals surface area (Å²) < 4.78 is 28.7. The van der Waals surface area contributed by atoms with E-state index in [-0.39, 0.29) is 23.0 Å². The van der Waals surface area contributed by atoms with Gasteiger partial charge in [-0.3, -0.25) is 13.9 Å². The summed E-state index contributed by atoms with van der Waals surface area (Å²) in [5, 5.41) is 3.46. The Morgan fingerprint density at radius 3 is 2.16 bits per heavy atom. The third-order valence-corrected chi connectivity index (χ3v) is 8.51. The van der Waals surface area contributed by atoms with Gasteiger partial charge in [-0.25, -0.2) is 8.42 Å². The molecule has 7 nitrogen and oxygen atoms in total. The number of anilines is 1. The molecule has 0 bridgehead atoms. The molecule has 0 aromatic heterocycles. The van der Waals surface area contributed by atoms with Gasteiger partial charge < -0.3 is 10.2 Å². The Morgan fingerprint density at radius 1 is 0.946 bits per heavy atom. The number of aryl methyl sites for hydroxylation is 1. The second-order valence-electron chi connectivity index (χ2n) is 8.65. The van der Waals surface area contributed by atoms with E-state index in [2.05, 4.69) is 5.32 Å². The molecular weight excluding hydrogens is 533 g/mol. The second kappa shape index (κ2) is 12.0. The van der Waals surface area contributed by atoms with Crippen LogP contribution in [0.25, 0.3) is 0 Å². The highest BCUT2D eigenvalue weighted by Gasteiger charge is 2.33. The normalized spacial score (nSPS) is 12.1. The molecule has 0 fully saturated rings. The Hall–Kier alpha value is -3.07. The summed E-state index contributed by atoms with van der Waals surface area (Å²) in [4.78, 5) is 27.7. The molecule has 10 heteroatoms. The smallest absolute Gasteiger partial charge is 0.264 e. The lowest BCUT2D eigenvalue weighted by Gasteiger charge is -2.32. The van der Waals surface area contributed by atoms with Gasteiger partial charge in [-0.2, -0.15) is 0 Å². The monoisotopic (exact) mass is 561 g/mol. The van der Waals surface area contributed by atoms with Crippen LogP contribution in [0.5, 0.6) is 0 Å². The van der Waals surface area contributed by atoms with E-state index in [4.69, 9.17) is 23.2 Å². The molecule has 3 aromatic rings. The minimum absolute atomic E-state index is 0.0360. The quantitative estimate of drug-likeness (QED) is 0.399. The Morgan fingerprint density at radius 2 is 1.57 bits per heavy atom. The first-order valence-electron chi connectivity index (χ1n) is 11.6. The zero-order chi connectivity index (χ0) is 27.3. The van der Waals surface area contributed by atoms with Gasteiger partial charge in [0.05, 0.1) is 10.6 Å².